The number of halogens is 4. The van der Waals surface area contributed by atoms with Crippen molar-refractivity contribution in [3.63, 3.8) is 0 Å². The number of hydrogen-bond acceptors (Lipinski definition) is 6. The van der Waals surface area contributed by atoms with Crippen LogP contribution in [0.15, 0.2) is 36.7 Å². The van der Waals surface area contributed by atoms with E-state index in [1.165, 1.54) is 31.6 Å². The molecule has 4 aromatic rings. The summed E-state index contributed by atoms with van der Waals surface area (Å²) < 4.78 is 45.8. The summed E-state index contributed by atoms with van der Waals surface area (Å²) in [6.07, 6.45) is 1.19. The molecule has 2 heterocycles. The van der Waals surface area contributed by atoms with Gasteiger partial charge in [-0.05, 0) is 35.4 Å². The molecule has 0 saturated heterocycles. The lowest BCUT2D eigenvalue weighted by Crippen LogP contribution is -2.24. The lowest BCUT2D eigenvalue weighted by Gasteiger charge is -2.08. The average Bonchev–Trinajstić information content (AvgIpc) is 3.21. The third kappa shape index (κ3) is 4.67. The van der Waals surface area contributed by atoms with E-state index in [0.29, 0.717) is 16.6 Å². The van der Waals surface area contributed by atoms with Crippen LogP contribution in [0.1, 0.15) is 21.6 Å². The Bertz CT molecular complexity index is 1320. The number of ether oxygens (including phenoxy) is 1. The maximum Gasteiger partial charge on any atom is 0.272 e. The van der Waals surface area contributed by atoms with Crippen molar-refractivity contribution in [3.05, 3.63) is 76.0 Å². The van der Waals surface area contributed by atoms with Gasteiger partial charge in [0.05, 0.1) is 12.1 Å². The van der Waals surface area contributed by atoms with Crippen LogP contribution in [0.3, 0.4) is 0 Å². The Kier molecular flexibility index (Phi) is 6.31. The number of rotatable bonds is 7. The topological polar surface area (TPSA) is 105 Å². The summed E-state index contributed by atoms with van der Waals surface area (Å²) >= 11 is 5.76. The molecule has 0 aliphatic rings. The molecule has 4 rings (SSSR count). The molecule has 2 aromatic heterocycles. The predicted octanol–water partition coefficient (Wildman–Crippen LogP) is 3.97. The van der Waals surface area contributed by atoms with Crippen molar-refractivity contribution < 1.29 is 22.7 Å². The molecular weight excluding hydrogens is 461 g/mol. The molecule has 33 heavy (non-hydrogen) atoms. The molecule has 0 spiro atoms. The predicted molar refractivity (Wildman–Crippen MR) is 115 cm³/mol. The summed E-state index contributed by atoms with van der Waals surface area (Å²) in [4.78, 5) is 20.8. The maximum atomic E-state index is 13.9. The van der Waals surface area contributed by atoms with Crippen LogP contribution >= 0.6 is 11.6 Å². The summed E-state index contributed by atoms with van der Waals surface area (Å²) in [5.74, 6) is -2.92. The largest absolute Gasteiger partial charge is 0.491 e. The van der Waals surface area contributed by atoms with Crippen LogP contribution in [0.5, 0.6) is 5.75 Å². The number of methoxy groups -OCH3 is 1. The fraction of sp³-hybridized carbons (Fsp3) is 0.143. The standard InChI is InChI=1S/C21H16ClF3N6O2/c1-33-19-14(24)5-11(6-15(19)25)8-26-20-17-16(30-31-20)18(29-9-28-17)21(32)27-7-10-2-3-13(23)12(22)4-10/h2-6,9H,7-8H2,1H3,(H,27,32)(H2,26,30,31). The van der Waals surface area contributed by atoms with E-state index >= 15 is 0 Å². The molecule has 1 amide bonds. The number of hydrogen-bond donors (Lipinski definition) is 3. The van der Waals surface area contributed by atoms with Gasteiger partial charge in [-0.15, -0.1) is 0 Å². The zero-order chi connectivity index (χ0) is 23.5. The first-order chi connectivity index (χ1) is 15.9. The van der Waals surface area contributed by atoms with Gasteiger partial charge in [-0.3, -0.25) is 9.89 Å². The summed E-state index contributed by atoms with van der Waals surface area (Å²) in [5.41, 5.74) is 1.53. The normalized spacial score (nSPS) is 10.9. The minimum Gasteiger partial charge on any atom is -0.491 e. The summed E-state index contributed by atoms with van der Waals surface area (Å²) in [7, 11) is 1.18. The van der Waals surface area contributed by atoms with Gasteiger partial charge in [0.25, 0.3) is 5.91 Å². The van der Waals surface area contributed by atoms with Crippen molar-refractivity contribution in [2.45, 2.75) is 13.1 Å². The molecule has 0 aliphatic carbocycles. The highest BCUT2D eigenvalue weighted by Gasteiger charge is 2.18. The molecule has 0 bridgehead atoms. The first-order valence-electron chi connectivity index (χ1n) is 9.54. The monoisotopic (exact) mass is 476 g/mol. The van der Waals surface area contributed by atoms with E-state index in [2.05, 4.69) is 35.5 Å². The second kappa shape index (κ2) is 9.33. The second-order valence-electron chi connectivity index (χ2n) is 6.90. The van der Waals surface area contributed by atoms with Gasteiger partial charge in [-0.1, -0.05) is 17.7 Å². The molecule has 170 valence electrons. The van der Waals surface area contributed by atoms with Gasteiger partial charge in [0.2, 0.25) is 0 Å². The van der Waals surface area contributed by atoms with Crippen LogP contribution in [-0.4, -0.2) is 33.2 Å². The van der Waals surface area contributed by atoms with Gasteiger partial charge < -0.3 is 15.4 Å². The van der Waals surface area contributed by atoms with Crippen LogP contribution in [0.2, 0.25) is 5.02 Å². The molecule has 0 aliphatic heterocycles. The summed E-state index contributed by atoms with van der Waals surface area (Å²) in [5, 5.41) is 12.3. The summed E-state index contributed by atoms with van der Waals surface area (Å²) in [6, 6.07) is 6.40. The SMILES string of the molecule is COc1c(F)cc(CNc2n[nH]c3c(C(=O)NCc4ccc(F)c(Cl)c4)ncnc23)cc1F. The van der Waals surface area contributed by atoms with Crippen LogP contribution in [0, 0.1) is 17.5 Å². The van der Waals surface area contributed by atoms with Crippen LogP contribution < -0.4 is 15.4 Å². The molecule has 0 saturated carbocycles. The Hall–Kier alpha value is -3.86. The molecule has 0 atom stereocenters. The quantitative estimate of drug-likeness (QED) is 0.373. The van der Waals surface area contributed by atoms with Gasteiger partial charge in [0.1, 0.15) is 23.2 Å². The first kappa shape index (κ1) is 22.3. The third-order valence-corrected chi connectivity index (χ3v) is 5.02. The molecular formula is C21H16ClF3N6O2. The van der Waals surface area contributed by atoms with Crippen molar-refractivity contribution in [2.75, 3.05) is 12.4 Å². The van der Waals surface area contributed by atoms with Crippen molar-refractivity contribution >= 4 is 34.4 Å². The number of H-pyrrole nitrogens is 1. The Morgan fingerprint density at radius 3 is 2.52 bits per heavy atom. The highest BCUT2D eigenvalue weighted by atomic mass is 35.5. The number of aromatic amines is 1. The smallest absolute Gasteiger partial charge is 0.272 e. The number of amides is 1. The van der Waals surface area contributed by atoms with Crippen LogP contribution in [0.25, 0.3) is 11.0 Å². The molecule has 3 N–H and O–H groups in total. The summed E-state index contributed by atoms with van der Waals surface area (Å²) in [6.45, 7) is 0.132. The molecule has 2 aromatic carbocycles. The zero-order valence-electron chi connectivity index (χ0n) is 17.0. The maximum absolute atomic E-state index is 13.9. The Labute approximate surface area is 190 Å². The van der Waals surface area contributed by atoms with Crippen molar-refractivity contribution in [3.8, 4) is 5.75 Å². The van der Waals surface area contributed by atoms with E-state index in [4.69, 9.17) is 11.6 Å². The fourth-order valence-electron chi connectivity index (χ4n) is 3.14. The minimum atomic E-state index is -0.829. The van der Waals surface area contributed by atoms with Crippen LogP contribution in [-0.2, 0) is 13.1 Å². The number of carbonyl (C=O) groups is 1. The number of fused-ring (bicyclic) bond motifs is 1. The Morgan fingerprint density at radius 1 is 1.06 bits per heavy atom. The number of aromatic nitrogens is 4. The van der Waals surface area contributed by atoms with Crippen molar-refractivity contribution in [2.24, 2.45) is 0 Å². The van der Waals surface area contributed by atoms with Crippen molar-refractivity contribution in [1.82, 2.24) is 25.5 Å². The van der Waals surface area contributed by atoms with Gasteiger partial charge in [0.15, 0.2) is 28.9 Å². The van der Waals surface area contributed by atoms with Gasteiger partial charge >= 0.3 is 0 Å². The van der Waals surface area contributed by atoms with Crippen molar-refractivity contribution in [1.29, 1.82) is 0 Å². The van der Waals surface area contributed by atoms with E-state index < -0.39 is 29.1 Å². The van der Waals surface area contributed by atoms with E-state index in [1.54, 1.807) is 0 Å². The number of nitrogens with zero attached hydrogens (tertiary/aromatic N) is 3. The number of benzene rings is 2. The molecule has 8 nitrogen and oxygen atoms in total. The van der Waals surface area contributed by atoms with Gasteiger partial charge in [-0.25, -0.2) is 23.1 Å². The third-order valence-electron chi connectivity index (χ3n) is 4.73. The average molecular weight is 477 g/mol. The molecule has 0 radical (unpaired) electrons. The first-order valence-corrected chi connectivity index (χ1v) is 9.92. The Balaban J connectivity index is 1.49. The van der Waals surface area contributed by atoms with Gasteiger partial charge in [-0.2, -0.15) is 5.10 Å². The fourth-order valence-corrected chi connectivity index (χ4v) is 3.35. The number of nitrogens with one attached hydrogen (secondary N) is 3. The zero-order valence-corrected chi connectivity index (χ0v) is 17.8. The highest BCUT2D eigenvalue weighted by Crippen LogP contribution is 2.25. The lowest BCUT2D eigenvalue weighted by molar-refractivity contribution is 0.0947. The second-order valence-corrected chi connectivity index (χ2v) is 7.30. The molecule has 12 heteroatoms. The van der Waals surface area contributed by atoms with E-state index in [9.17, 15) is 18.0 Å². The van der Waals surface area contributed by atoms with Crippen LogP contribution in [0.4, 0.5) is 19.0 Å². The number of carbonyl (C=O) groups excluding carboxylic acids is 1. The lowest BCUT2D eigenvalue weighted by atomic mass is 10.2. The molecule has 0 fully saturated rings. The highest BCUT2D eigenvalue weighted by molar-refractivity contribution is 6.30. The minimum absolute atomic E-state index is 0.0364. The number of anilines is 1. The molecule has 0 unspecified atom stereocenters. The van der Waals surface area contributed by atoms with Gasteiger partial charge in [0, 0.05) is 13.1 Å². The Morgan fingerprint density at radius 2 is 1.82 bits per heavy atom. The van der Waals surface area contributed by atoms with E-state index in [0.717, 1.165) is 12.1 Å². The van der Waals surface area contributed by atoms with E-state index in [-0.39, 0.29) is 35.1 Å². The van der Waals surface area contributed by atoms with E-state index in [1.807, 2.05) is 0 Å².